The van der Waals surface area contributed by atoms with E-state index in [1.165, 1.54) is 0 Å². The fraction of sp³-hybridized carbons (Fsp3) is 0.111. The predicted molar refractivity (Wildman–Crippen MR) is 52.2 cm³/mol. The minimum atomic E-state index is 0.489. The molecule has 0 aliphatic carbocycles. The van der Waals surface area contributed by atoms with Crippen LogP contribution < -0.4 is 0 Å². The van der Waals surface area contributed by atoms with Crippen LogP contribution in [0.2, 0.25) is 0 Å². The van der Waals surface area contributed by atoms with Crippen LogP contribution in [0.4, 0.5) is 0 Å². The minimum Gasteiger partial charge on any atom is -0.431 e. The van der Waals surface area contributed by atoms with Crippen LogP contribution in [0.5, 0.6) is 0 Å². The van der Waals surface area contributed by atoms with Crippen LogP contribution in [0.3, 0.4) is 0 Å². The summed E-state index contributed by atoms with van der Waals surface area (Å²) in [6.07, 6.45) is 3.43. The quantitative estimate of drug-likeness (QED) is 0.767. The van der Waals surface area contributed by atoms with Gasteiger partial charge < -0.3 is 4.42 Å². The average Bonchev–Trinajstić information content (AvgIpc) is 2.53. The van der Waals surface area contributed by atoms with E-state index in [0.717, 1.165) is 17.0 Å². The molecule has 0 bridgehead atoms. The largest absolute Gasteiger partial charge is 0.431 e. The molecule has 0 aromatic carbocycles. The summed E-state index contributed by atoms with van der Waals surface area (Å²) in [4.78, 5) is 8.59. The zero-order valence-electron chi connectivity index (χ0n) is 6.99. The number of aromatic nitrogens is 2. The molecule has 2 aromatic heterocycles. The van der Waals surface area contributed by atoms with Crippen LogP contribution in [0.25, 0.3) is 11.3 Å². The van der Waals surface area contributed by atoms with Gasteiger partial charge in [0.05, 0.1) is 6.20 Å². The number of nitrogens with zero attached hydrogens (tertiary/aromatic N) is 2. The Hall–Kier alpha value is -1.16. The number of hydrogen-bond acceptors (Lipinski definition) is 3. The van der Waals surface area contributed by atoms with Crippen molar-refractivity contribution in [3.8, 4) is 11.3 Å². The second-order valence-electron chi connectivity index (χ2n) is 2.67. The van der Waals surface area contributed by atoms with Crippen LogP contribution in [0.15, 0.2) is 33.7 Å². The SMILES string of the molecule is Cc1ccc(-c2cnc(Br)o2)cn1. The molecule has 2 aromatic rings. The van der Waals surface area contributed by atoms with Crippen LogP contribution in [-0.4, -0.2) is 9.97 Å². The van der Waals surface area contributed by atoms with Gasteiger partial charge in [-0.1, -0.05) is 0 Å². The Kier molecular flexibility index (Phi) is 2.14. The van der Waals surface area contributed by atoms with Crippen molar-refractivity contribution in [3.63, 3.8) is 0 Å². The van der Waals surface area contributed by atoms with Gasteiger partial charge in [0.25, 0.3) is 4.80 Å². The van der Waals surface area contributed by atoms with Gasteiger partial charge in [0.2, 0.25) is 0 Å². The topological polar surface area (TPSA) is 38.9 Å². The van der Waals surface area contributed by atoms with Gasteiger partial charge in [0, 0.05) is 33.4 Å². The Labute approximate surface area is 84.0 Å². The summed E-state index contributed by atoms with van der Waals surface area (Å²) in [7, 11) is 0. The van der Waals surface area contributed by atoms with E-state index in [0.29, 0.717) is 4.80 Å². The van der Waals surface area contributed by atoms with Gasteiger partial charge in [-0.2, -0.15) is 0 Å². The summed E-state index contributed by atoms with van der Waals surface area (Å²) in [6, 6.07) is 3.89. The first-order valence-electron chi connectivity index (χ1n) is 3.80. The van der Waals surface area contributed by atoms with Crippen LogP contribution in [-0.2, 0) is 0 Å². The lowest BCUT2D eigenvalue weighted by molar-refractivity contribution is 0.542. The molecule has 2 heterocycles. The van der Waals surface area contributed by atoms with Crippen molar-refractivity contribution in [1.29, 1.82) is 0 Å². The molecule has 0 unspecified atom stereocenters. The monoisotopic (exact) mass is 238 g/mol. The molecular weight excluding hydrogens is 232 g/mol. The van der Waals surface area contributed by atoms with E-state index in [9.17, 15) is 0 Å². The summed E-state index contributed by atoms with van der Waals surface area (Å²) >= 11 is 3.15. The van der Waals surface area contributed by atoms with Crippen LogP contribution >= 0.6 is 15.9 Å². The van der Waals surface area contributed by atoms with Crippen molar-refractivity contribution >= 4 is 15.9 Å². The number of pyridine rings is 1. The van der Waals surface area contributed by atoms with E-state index in [4.69, 9.17) is 4.42 Å². The normalized spacial score (nSPS) is 10.3. The summed E-state index contributed by atoms with van der Waals surface area (Å²) in [5.74, 6) is 0.722. The molecule has 13 heavy (non-hydrogen) atoms. The number of oxazole rings is 1. The molecule has 0 saturated carbocycles. The molecule has 0 saturated heterocycles. The first kappa shape index (κ1) is 8.44. The molecule has 0 aliphatic rings. The third-order valence-electron chi connectivity index (χ3n) is 1.67. The standard InChI is InChI=1S/C9H7BrN2O/c1-6-2-3-7(4-11-6)8-5-12-9(10)13-8/h2-5H,1H3. The highest BCUT2D eigenvalue weighted by atomic mass is 79.9. The highest BCUT2D eigenvalue weighted by molar-refractivity contribution is 9.10. The molecule has 0 amide bonds. The van der Waals surface area contributed by atoms with Gasteiger partial charge in [-0.25, -0.2) is 4.98 Å². The second-order valence-corrected chi connectivity index (χ2v) is 3.34. The molecule has 0 aliphatic heterocycles. The van der Waals surface area contributed by atoms with Crippen LogP contribution in [0, 0.1) is 6.92 Å². The van der Waals surface area contributed by atoms with Crippen LogP contribution in [0.1, 0.15) is 5.69 Å². The Balaban J connectivity index is 2.41. The number of aryl methyl sites for hydroxylation is 1. The van der Waals surface area contributed by atoms with E-state index >= 15 is 0 Å². The maximum atomic E-state index is 5.27. The third kappa shape index (κ3) is 1.78. The average molecular weight is 239 g/mol. The highest BCUT2D eigenvalue weighted by Crippen LogP contribution is 2.21. The molecule has 3 nitrogen and oxygen atoms in total. The molecule has 0 spiro atoms. The van der Waals surface area contributed by atoms with Crippen molar-refractivity contribution < 1.29 is 4.42 Å². The van der Waals surface area contributed by atoms with Gasteiger partial charge >= 0.3 is 0 Å². The molecule has 0 N–H and O–H groups in total. The van der Waals surface area contributed by atoms with E-state index in [1.807, 2.05) is 19.1 Å². The van der Waals surface area contributed by atoms with Gasteiger partial charge in [-0.15, -0.1) is 0 Å². The smallest absolute Gasteiger partial charge is 0.264 e. The first-order valence-corrected chi connectivity index (χ1v) is 4.59. The van der Waals surface area contributed by atoms with E-state index < -0.39 is 0 Å². The maximum Gasteiger partial charge on any atom is 0.264 e. The molecule has 4 heteroatoms. The minimum absolute atomic E-state index is 0.489. The molecule has 0 radical (unpaired) electrons. The highest BCUT2D eigenvalue weighted by Gasteiger charge is 2.03. The predicted octanol–water partition coefficient (Wildman–Crippen LogP) is 2.81. The summed E-state index contributed by atoms with van der Waals surface area (Å²) in [6.45, 7) is 1.94. The third-order valence-corrected chi connectivity index (χ3v) is 2.04. The maximum absolute atomic E-state index is 5.27. The molecule has 0 fully saturated rings. The Morgan fingerprint density at radius 3 is 2.62 bits per heavy atom. The van der Waals surface area contributed by atoms with Gasteiger partial charge in [0.1, 0.15) is 0 Å². The van der Waals surface area contributed by atoms with Crippen molar-refractivity contribution in [3.05, 3.63) is 35.0 Å². The second kappa shape index (κ2) is 3.30. The first-order chi connectivity index (χ1) is 6.25. The van der Waals surface area contributed by atoms with Crippen molar-refractivity contribution in [1.82, 2.24) is 9.97 Å². The van der Waals surface area contributed by atoms with Gasteiger partial charge in [-0.3, -0.25) is 4.98 Å². The fourth-order valence-electron chi connectivity index (χ4n) is 1.000. The molecule has 0 atom stereocenters. The zero-order chi connectivity index (χ0) is 9.26. The van der Waals surface area contributed by atoms with Crippen molar-refractivity contribution in [2.45, 2.75) is 6.92 Å². The number of rotatable bonds is 1. The van der Waals surface area contributed by atoms with Crippen molar-refractivity contribution in [2.75, 3.05) is 0 Å². The molecule has 2 rings (SSSR count). The summed E-state index contributed by atoms with van der Waals surface area (Å²) in [5, 5.41) is 0. The fourth-order valence-corrected chi connectivity index (χ4v) is 1.28. The lowest BCUT2D eigenvalue weighted by Crippen LogP contribution is -1.80. The number of hydrogen-bond donors (Lipinski definition) is 0. The number of halogens is 1. The Morgan fingerprint density at radius 2 is 2.08 bits per heavy atom. The summed E-state index contributed by atoms with van der Waals surface area (Å²) in [5.41, 5.74) is 1.92. The molecule has 66 valence electrons. The van der Waals surface area contributed by atoms with Crippen molar-refractivity contribution in [2.24, 2.45) is 0 Å². The molecular formula is C9H7BrN2O. The van der Waals surface area contributed by atoms with Gasteiger partial charge in [0.15, 0.2) is 5.76 Å². The summed E-state index contributed by atoms with van der Waals surface area (Å²) < 4.78 is 5.27. The van der Waals surface area contributed by atoms with E-state index in [-0.39, 0.29) is 0 Å². The van der Waals surface area contributed by atoms with E-state index in [2.05, 4.69) is 25.9 Å². The lowest BCUT2D eigenvalue weighted by Gasteiger charge is -1.94. The lowest BCUT2D eigenvalue weighted by atomic mass is 10.2. The Bertz CT molecular complexity index is 408. The van der Waals surface area contributed by atoms with E-state index in [1.54, 1.807) is 12.4 Å². The zero-order valence-corrected chi connectivity index (χ0v) is 8.58. The Morgan fingerprint density at radius 1 is 1.23 bits per heavy atom. The van der Waals surface area contributed by atoms with Gasteiger partial charge in [-0.05, 0) is 19.1 Å².